The molecule has 0 aromatic heterocycles. The van der Waals surface area contributed by atoms with Crippen LogP contribution < -0.4 is 14.9 Å². The summed E-state index contributed by atoms with van der Waals surface area (Å²) in [4.78, 5) is 27.6. The summed E-state index contributed by atoms with van der Waals surface area (Å²) in [5.41, 5.74) is 0.369. The number of hydrogen-bond acceptors (Lipinski definition) is 6. The first-order valence-corrected chi connectivity index (χ1v) is 12.1. The molecule has 1 amide bonds. The minimum atomic E-state index is -4.09. The van der Waals surface area contributed by atoms with E-state index in [9.17, 15) is 27.5 Å². The van der Waals surface area contributed by atoms with Gasteiger partial charge in [0.25, 0.3) is 10.0 Å². The molecule has 1 fully saturated rings. The van der Waals surface area contributed by atoms with E-state index in [2.05, 4.69) is 10.0 Å². The Morgan fingerprint density at radius 2 is 1.73 bits per heavy atom. The number of carbonyl (C=O) groups excluding carboxylic acids is 1. The molecule has 0 aliphatic carbocycles. The highest BCUT2D eigenvalue weighted by Gasteiger charge is 2.23. The van der Waals surface area contributed by atoms with Gasteiger partial charge in [-0.15, -0.1) is 0 Å². The van der Waals surface area contributed by atoms with E-state index in [1.165, 1.54) is 12.1 Å². The van der Waals surface area contributed by atoms with Crippen molar-refractivity contribution >= 4 is 33.3 Å². The maximum absolute atomic E-state index is 13.1. The average molecular weight is 479 g/mol. The molecule has 0 spiro atoms. The summed E-state index contributed by atoms with van der Waals surface area (Å²) in [6.07, 6.45) is 0.876. The van der Waals surface area contributed by atoms with Gasteiger partial charge < -0.3 is 15.3 Å². The normalized spacial score (nSPS) is 14.7. The minimum Gasteiger partial charge on any atom is -0.478 e. The van der Waals surface area contributed by atoms with E-state index in [0.717, 1.165) is 30.7 Å². The Kier molecular flexibility index (Phi) is 7.88. The summed E-state index contributed by atoms with van der Waals surface area (Å²) in [5, 5.41) is 12.5. The van der Waals surface area contributed by atoms with Crippen LogP contribution in [0.25, 0.3) is 0 Å². The van der Waals surface area contributed by atoms with Crippen LogP contribution in [-0.2, 0) is 14.8 Å². The van der Waals surface area contributed by atoms with E-state index >= 15 is 0 Å². The number of carboxylic acid groups (broad SMARTS) is 1. The summed E-state index contributed by atoms with van der Waals surface area (Å²) < 4.78 is 40.6. The molecule has 0 atom stereocenters. The molecule has 0 unspecified atom stereocenters. The topological polar surface area (TPSA) is 119 Å². The molecular weight excluding hydrogens is 451 g/mol. The first-order chi connectivity index (χ1) is 15.7. The summed E-state index contributed by atoms with van der Waals surface area (Å²) in [7, 11) is -4.09. The molecule has 1 saturated heterocycles. The molecule has 2 aromatic rings. The third-order valence-electron chi connectivity index (χ3n) is 5.28. The molecule has 2 aromatic carbocycles. The predicted molar refractivity (Wildman–Crippen MR) is 123 cm³/mol. The molecule has 11 heteroatoms. The zero-order valence-corrected chi connectivity index (χ0v) is 19.1. The lowest BCUT2D eigenvalue weighted by Crippen LogP contribution is -2.49. The van der Waals surface area contributed by atoms with Crippen molar-refractivity contribution in [3.63, 3.8) is 0 Å². The summed E-state index contributed by atoms with van der Waals surface area (Å²) in [5.74, 6) is -1.87. The number of rotatable bonds is 9. The van der Waals surface area contributed by atoms with E-state index in [1.807, 2.05) is 16.7 Å². The molecule has 178 valence electrons. The smallest absolute Gasteiger partial charge is 0.337 e. The Bertz CT molecular complexity index is 1100. The number of halogens is 1. The molecule has 0 saturated carbocycles. The molecule has 33 heavy (non-hydrogen) atoms. The van der Waals surface area contributed by atoms with Crippen molar-refractivity contribution in [3.05, 3.63) is 53.8 Å². The Labute approximate surface area is 192 Å². The minimum absolute atomic E-state index is 0.0174. The number of nitrogens with one attached hydrogen (secondary N) is 2. The van der Waals surface area contributed by atoms with E-state index in [-0.39, 0.29) is 22.1 Å². The number of nitrogens with zero attached hydrogens (tertiary/aromatic N) is 2. The van der Waals surface area contributed by atoms with Crippen molar-refractivity contribution in [1.29, 1.82) is 0 Å². The fourth-order valence-electron chi connectivity index (χ4n) is 3.50. The van der Waals surface area contributed by atoms with Crippen LogP contribution in [0.3, 0.4) is 0 Å². The highest BCUT2D eigenvalue weighted by molar-refractivity contribution is 7.92. The zero-order chi connectivity index (χ0) is 24.0. The standard InChI is InChI=1S/C22H27FN4O5S/c1-2-9-24-21(28)15-26-10-12-27(13-11-26)17-5-8-20(19(14-17)22(29)30)25-33(31,32)18-6-3-16(23)4-7-18/h3-8,14,25H,2,9-13,15H2,1H3,(H,24,28)(H,29,30). The second-order valence-corrected chi connectivity index (χ2v) is 9.39. The van der Waals surface area contributed by atoms with Gasteiger partial charge in [-0.3, -0.25) is 14.4 Å². The van der Waals surface area contributed by atoms with Gasteiger partial charge in [-0.25, -0.2) is 17.6 Å². The fraction of sp³-hybridized carbons (Fsp3) is 0.364. The number of benzene rings is 2. The maximum atomic E-state index is 13.1. The van der Waals surface area contributed by atoms with Gasteiger partial charge in [0, 0.05) is 38.4 Å². The lowest BCUT2D eigenvalue weighted by molar-refractivity contribution is -0.122. The Morgan fingerprint density at radius 3 is 2.33 bits per heavy atom. The van der Waals surface area contributed by atoms with Crippen molar-refractivity contribution in [2.24, 2.45) is 0 Å². The van der Waals surface area contributed by atoms with Gasteiger partial charge >= 0.3 is 5.97 Å². The SMILES string of the molecule is CCCNC(=O)CN1CCN(c2ccc(NS(=O)(=O)c3ccc(F)cc3)c(C(=O)O)c2)CC1. The molecule has 3 N–H and O–H groups in total. The number of aromatic carboxylic acids is 1. The molecule has 1 heterocycles. The predicted octanol–water partition coefficient (Wildman–Crippen LogP) is 1.97. The van der Waals surface area contributed by atoms with Crippen LogP contribution in [-0.4, -0.2) is 69.6 Å². The van der Waals surface area contributed by atoms with Gasteiger partial charge in [0.2, 0.25) is 5.91 Å². The quantitative estimate of drug-likeness (QED) is 0.504. The van der Waals surface area contributed by atoms with E-state index in [0.29, 0.717) is 45.0 Å². The van der Waals surface area contributed by atoms with Crippen molar-refractivity contribution in [2.75, 3.05) is 48.9 Å². The second-order valence-electron chi connectivity index (χ2n) is 7.71. The van der Waals surface area contributed by atoms with Crippen LogP contribution in [0, 0.1) is 5.82 Å². The summed E-state index contributed by atoms with van der Waals surface area (Å²) in [6.45, 7) is 5.43. The summed E-state index contributed by atoms with van der Waals surface area (Å²) in [6, 6.07) is 8.73. The third kappa shape index (κ3) is 6.42. The number of anilines is 2. The van der Waals surface area contributed by atoms with E-state index < -0.39 is 21.8 Å². The largest absolute Gasteiger partial charge is 0.478 e. The molecule has 9 nitrogen and oxygen atoms in total. The zero-order valence-electron chi connectivity index (χ0n) is 18.3. The monoisotopic (exact) mass is 478 g/mol. The number of piperazine rings is 1. The Morgan fingerprint density at radius 1 is 1.06 bits per heavy atom. The number of hydrogen-bond donors (Lipinski definition) is 3. The lowest BCUT2D eigenvalue weighted by atomic mass is 10.1. The first kappa shape index (κ1) is 24.5. The van der Waals surface area contributed by atoms with Gasteiger partial charge in [0.15, 0.2) is 0 Å². The first-order valence-electron chi connectivity index (χ1n) is 10.6. The third-order valence-corrected chi connectivity index (χ3v) is 6.66. The molecule has 0 bridgehead atoms. The van der Waals surface area contributed by atoms with Crippen molar-refractivity contribution in [1.82, 2.24) is 10.2 Å². The Balaban J connectivity index is 1.70. The van der Waals surface area contributed by atoms with Crippen LogP contribution in [0.15, 0.2) is 47.4 Å². The van der Waals surface area contributed by atoms with Crippen molar-refractivity contribution in [3.8, 4) is 0 Å². The van der Waals surface area contributed by atoms with Crippen molar-refractivity contribution < 1.29 is 27.5 Å². The average Bonchev–Trinajstić information content (AvgIpc) is 2.78. The van der Waals surface area contributed by atoms with Crippen LogP contribution in [0.1, 0.15) is 23.7 Å². The fourth-order valence-corrected chi connectivity index (χ4v) is 4.58. The van der Waals surface area contributed by atoms with Crippen LogP contribution >= 0.6 is 0 Å². The van der Waals surface area contributed by atoms with Gasteiger partial charge in [-0.2, -0.15) is 0 Å². The van der Waals surface area contributed by atoms with Crippen molar-refractivity contribution in [2.45, 2.75) is 18.2 Å². The number of amides is 1. The van der Waals surface area contributed by atoms with Crippen LogP contribution in [0.4, 0.5) is 15.8 Å². The van der Waals surface area contributed by atoms with Gasteiger partial charge in [0.1, 0.15) is 5.82 Å². The second kappa shape index (κ2) is 10.6. The van der Waals surface area contributed by atoms with E-state index in [1.54, 1.807) is 6.07 Å². The van der Waals surface area contributed by atoms with Crippen LogP contribution in [0.5, 0.6) is 0 Å². The maximum Gasteiger partial charge on any atom is 0.337 e. The number of carboxylic acids is 1. The number of carbonyl (C=O) groups is 2. The van der Waals surface area contributed by atoms with Gasteiger partial charge in [-0.1, -0.05) is 6.92 Å². The Hall–Kier alpha value is -3.18. The highest BCUT2D eigenvalue weighted by Crippen LogP contribution is 2.26. The van der Waals surface area contributed by atoms with Crippen LogP contribution in [0.2, 0.25) is 0 Å². The molecule has 3 rings (SSSR count). The van der Waals surface area contributed by atoms with E-state index in [4.69, 9.17) is 0 Å². The number of sulfonamides is 1. The molecule has 0 radical (unpaired) electrons. The molecule has 1 aliphatic rings. The van der Waals surface area contributed by atoms with Gasteiger partial charge in [0.05, 0.1) is 22.7 Å². The molecule has 1 aliphatic heterocycles. The van der Waals surface area contributed by atoms with Gasteiger partial charge in [-0.05, 0) is 48.9 Å². The molecular formula is C22H27FN4O5S. The summed E-state index contributed by atoms with van der Waals surface area (Å²) >= 11 is 0. The highest BCUT2D eigenvalue weighted by atomic mass is 32.2. The lowest BCUT2D eigenvalue weighted by Gasteiger charge is -2.36.